The molecule has 0 radical (unpaired) electrons. The topological polar surface area (TPSA) is 4.93 Å². The van der Waals surface area contributed by atoms with Gasteiger partial charge in [0.15, 0.2) is 0 Å². The fraction of sp³-hybridized carbons (Fsp3) is 0.200. The third-order valence-electron chi connectivity index (χ3n) is 8.30. The Hall–Kier alpha value is -3.32. The lowest BCUT2D eigenvalue weighted by Gasteiger charge is -2.44. The molecule has 0 saturated heterocycles. The van der Waals surface area contributed by atoms with Crippen LogP contribution in [0.2, 0.25) is 0 Å². The molecule has 31 heavy (non-hydrogen) atoms. The van der Waals surface area contributed by atoms with Gasteiger partial charge in [-0.1, -0.05) is 72.8 Å². The van der Waals surface area contributed by atoms with Crippen molar-refractivity contribution in [2.75, 3.05) is 0 Å². The quantitative estimate of drug-likeness (QED) is 0.256. The molecule has 0 spiro atoms. The number of nitrogens with zero attached hydrogens (tertiary/aromatic N) is 1. The van der Waals surface area contributed by atoms with E-state index < -0.39 is 0 Å². The first-order valence-electron chi connectivity index (χ1n) is 11.6. The van der Waals surface area contributed by atoms with Crippen molar-refractivity contribution in [3.63, 3.8) is 0 Å². The first-order chi connectivity index (χ1) is 15.3. The zero-order valence-corrected chi connectivity index (χ0v) is 17.7. The summed E-state index contributed by atoms with van der Waals surface area (Å²) >= 11 is 0. The highest BCUT2D eigenvalue weighted by atomic mass is 15.1. The van der Waals surface area contributed by atoms with E-state index in [2.05, 4.69) is 84.3 Å². The highest BCUT2D eigenvalue weighted by Crippen LogP contribution is 2.58. The van der Waals surface area contributed by atoms with Gasteiger partial charge >= 0.3 is 0 Å². The lowest BCUT2D eigenvalue weighted by molar-refractivity contribution is 0.486. The molecule has 0 amide bonds. The fourth-order valence-corrected chi connectivity index (χ4v) is 7.10. The van der Waals surface area contributed by atoms with Gasteiger partial charge in [0.05, 0.1) is 16.9 Å². The van der Waals surface area contributed by atoms with Crippen molar-refractivity contribution >= 4 is 21.5 Å². The van der Waals surface area contributed by atoms with Gasteiger partial charge in [-0.3, -0.25) is 0 Å². The van der Waals surface area contributed by atoms with Crippen molar-refractivity contribution in [2.24, 2.45) is 0 Å². The van der Waals surface area contributed by atoms with Crippen molar-refractivity contribution < 1.29 is 0 Å². The lowest BCUT2D eigenvalue weighted by atomic mass is 9.73. The summed E-state index contributed by atoms with van der Waals surface area (Å²) in [6.45, 7) is 2.47. The average molecular weight is 398 g/mol. The normalized spacial score (nSPS) is 16.9. The zero-order chi connectivity index (χ0) is 20.3. The molecule has 0 saturated carbocycles. The van der Waals surface area contributed by atoms with E-state index in [0.717, 1.165) is 0 Å². The Labute approximate surface area is 182 Å². The van der Waals surface area contributed by atoms with Gasteiger partial charge < -0.3 is 4.57 Å². The van der Waals surface area contributed by atoms with Gasteiger partial charge in [-0.05, 0) is 76.4 Å². The van der Waals surface area contributed by atoms with Crippen LogP contribution < -0.4 is 0 Å². The SMILES string of the molecule is CC12c3cccc4cccc(c34)-c3c4c(c(n31)-c1cccc3cccc2c13)CCCC4. The predicted molar refractivity (Wildman–Crippen MR) is 129 cm³/mol. The van der Waals surface area contributed by atoms with Gasteiger partial charge in [0.25, 0.3) is 0 Å². The molecule has 1 nitrogen and oxygen atoms in total. The predicted octanol–water partition coefficient (Wildman–Crippen LogP) is 7.45. The summed E-state index contributed by atoms with van der Waals surface area (Å²) in [5, 5.41) is 5.63. The molecule has 3 heterocycles. The highest BCUT2D eigenvalue weighted by Gasteiger charge is 2.46. The highest BCUT2D eigenvalue weighted by molar-refractivity contribution is 6.08. The van der Waals surface area contributed by atoms with Crippen molar-refractivity contribution in [1.82, 2.24) is 4.57 Å². The van der Waals surface area contributed by atoms with Gasteiger partial charge in [-0.15, -0.1) is 0 Å². The molecule has 1 heteroatoms. The first-order valence-corrected chi connectivity index (χ1v) is 11.6. The largest absolute Gasteiger partial charge is 0.326 e. The lowest BCUT2D eigenvalue weighted by Crippen LogP contribution is -2.38. The molecule has 0 N–H and O–H groups in total. The van der Waals surface area contributed by atoms with Crippen LogP contribution in [0.3, 0.4) is 0 Å². The monoisotopic (exact) mass is 397 g/mol. The van der Waals surface area contributed by atoms with Crippen LogP contribution in [0.15, 0.2) is 72.8 Å². The van der Waals surface area contributed by atoms with E-state index in [1.165, 1.54) is 80.9 Å². The average Bonchev–Trinajstić information content (AvgIpc) is 3.17. The Morgan fingerprint density at radius 1 is 0.613 bits per heavy atom. The van der Waals surface area contributed by atoms with E-state index in [1.807, 2.05) is 0 Å². The minimum atomic E-state index is -0.191. The molecule has 0 atom stereocenters. The van der Waals surface area contributed by atoms with Crippen LogP contribution >= 0.6 is 0 Å². The standard InChI is InChI=1S/C30H23N/c1-30-24-16-6-10-18-8-4-14-22(26(18)24)28-20-12-2-3-13-21(20)29(31(28)30)23-15-5-9-19-11-7-17-25(30)27(19)23/h4-11,14-17H,2-3,12-13H2,1H3. The number of benzene rings is 4. The summed E-state index contributed by atoms with van der Waals surface area (Å²) in [5.74, 6) is 0. The van der Waals surface area contributed by atoms with Crippen molar-refractivity contribution in [2.45, 2.75) is 38.1 Å². The van der Waals surface area contributed by atoms with Crippen molar-refractivity contribution in [1.29, 1.82) is 0 Å². The molecule has 5 aromatic rings. The molecule has 4 aromatic carbocycles. The molecule has 3 aliphatic rings. The third-order valence-corrected chi connectivity index (χ3v) is 8.30. The van der Waals surface area contributed by atoms with E-state index >= 15 is 0 Å². The zero-order valence-electron chi connectivity index (χ0n) is 17.7. The fourth-order valence-electron chi connectivity index (χ4n) is 7.10. The van der Waals surface area contributed by atoms with Crippen LogP contribution in [0.25, 0.3) is 44.1 Å². The Bertz CT molecular complexity index is 1470. The molecule has 0 bridgehead atoms. The molecule has 8 rings (SSSR count). The third kappa shape index (κ3) is 1.70. The van der Waals surface area contributed by atoms with Crippen LogP contribution in [-0.4, -0.2) is 4.57 Å². The van der Waals surface area contributed by atoms with Gasteiger partial charge in [0, 0.05) is 11.1 Å². The Balaban J connectivity index is 1.71. The maximum Gasteiger partial charge on any atom is 0.0940 e. The summed E-state index contributed by atoms with van der Waals surface area (Å²) < 4.78 is 2.75. The summed E-state index contributed by atoms with van der Waals surface area (Å²) in [6.07, 6.45) is 5.00. The molecule has 148 valence electrons. The minimum Gasteiger partial charge on any atom is -0.326 e. The number of fused-ring (bicyclic) bond motifs is 7. The molecule has 0 fully saturated rings. The summed E-state index contributed by atoms with van der Waals surface area (Å²) in [5.41, 5.74) is 11.8. The molecule has 1 aromatic heterocycles. The number of aromatic nitrogens is 1. The van der Waals surface area contributed by atoms with Crippen LogP contribution in [0.1, 0.15) is 42.0 Å². The van der Waals surface area contributed by atoms with E-state index in [-0.39, 0.29) is 5.54 Å². The Morgan fingerprint density at radius 2 is 1.06 bits per heavy atom. The van der Waals surface area contributed by atoms with Crippen LogP contribution in [0, 0.1) is 0 Å². The minimum absolute atomic E-state index is 0.191. The molecular weight excluding hydrogens is 374 g/mol. The smallest absolute Gasteiger partial charge is 0.0940 e. The van der Waals surface area contributed by atoms with Gasteiger partial charge in [0.1, 0.15) is 0 Å². The number of hydrogen-bond acceptors (Lipinski definition) is 0. The molecular formula is C30H23N. The Kier molecular flexibility index (Phi) is 2.79. The molecule has 0 unspecified atom stereocenters. The molecule has 2 aliphatic heterocycles. The second-order valence-corrected chi connectivity index (χ2v) is 9.69. The maximum atomic E-state index is 2.75. The van der Waals surface area contributed by atoms with Crippen molar-refractivity contribution in [3.8, 4) is 22.5 Å². The van der Waals surface area contributed by atoms with E-state index in [0.29, 0.717) is 0 Å². The maximum absolute atomic E-state index is 2.75. The number of hydrogen-bond donors (Lipinski definition) is 0. The van der Waals surface area contributed by atoms with E-state index in [9.17, 15) is 0 Å². The second-order valence-electron chi connectivity index (χ2n) is 9.69. The number of rotatable bonds is 0. The van der Waals surface area contributed by atoms with Crippen LogP contribution in [-0.2, 0) is 18.4 Å². The van der Waals surface area contributed by atoms with Gasteiger partial charge in [-0.2, -0.15) is 0 Å². The van der Waals surface area contributed by atoms with Crippen molar-refractivity contribution in [3.05, 3.63) is 95.1 Å². The molecule has 1 aliphatic carbocycles. The Morgan fingerprint density at radius 3 is 1.55 bits per heavy atom. The van der Waals surface area contributed by atoms with Crippen LogP contribution in [0.4, 0.5) is 0 Å². The first kappa shape index (κ1) is 16.4. The van der Waals surface area contributed by atoms with E-state index in [4.69, 9.17) is 0 Å². The summed E-state index contributed by atoms with van der Waals surface area (Å²) in [7, 11) is 0. The van der Waals surface area contributed by atoms with E-state index in [1.54, 1.807) is 11.1 Å². The summed E-state index contributed by atoms with van der Waals surface area (Å²) in [4.78, 5) is 0. The van der Waals surface area contributed by atoms with Gasteiger partial charge in [0.2, 0.25) is 0 Å². The summed E-state index contributed by atoms with van der Waals surface area (Å²) in [6, 6.07) is 27.6. The second kappa shape index (κ2) is 5.29. The van der Waals surface area contributed by atoms with Gasteiger partial charge in [-0.25, -0.2) is 0 Å². The van der Waals surface area contributed by atoms with Crippen LogP contribution in [0.5, 0.6) is 0 Å².